The van der Waals surface area contributed by atoms with Crippen LogP contribution < -0.4 is 10.6 Å². The number of carbonyl (C=O) groups excluding carboxylic acids is 1. The van der Waals surface area contributed by atoms with E-state index in [1.54, 1.807) is 6.07 Å². The molecule has 1 aliphatic carbocycles. The van der Waals surface area contributed by atoms with E-state index in [2.05, 4.69) is 15.5 Å². The van der Waals surface area contributed by atoms with Gasteiger partial charge in [0, 0.05) is 10.1 Å². The highest BCUT2D eigenvalue weighted by Crippen LogP contribution is 2.34. The van der Waals surface area contributed by atoms with E-state index in [0.717, 1.165) is 25.0 Å². The van der Waals surface area contributed by atoms with Crippen molar-refractivity contribution >= 4 is 45.8 Å². The topological polar surface area (TPSA) is 111 Å². The Morgan fingerprint density at radius 1 is 1.09 bits per heavy atom. The predicted octanol–water partition coefficient (Wildman–Crippen LogP) is 4.12. The molecule has 1 saturated heterocycles. The van der Waals surface area contributed by atoms with E-state index in [0.29, 0.717) is 16.4 Å². The number of hydrogen-bond donors (Lipinski definition) is 4. The van der Waals surface area contributed by atoms with Crippen molar-refractivity contribution in [3.8, 4) is 0 Å². The first kappa shape index (κ1) is 25.7. The van der Waals surface area contributed by atoms with E-state index < -0.39 is 46.2 Å². The lowest BCUT2D eigenvalue weighted by Crippen LogP contribution is -2.70. The smallest absolute Gasteiger partial charge is 0.323 e. The van der Waals surface area contributed by atoms with E-state index in [4.69, 9.17) is 0 Å². The van der Waals surface area contributed by atoms with Gasteiger partial charge in [0.15, 0.2) is 17.2 Å². The summed E-state index contributed by atoms with van der Waals surface area (Å²) in [5, 5.41) is 24.6. The number of anilines is 2. The van der Waals surface area contributed by atoms with E-state index >= 15 is 0 Å². The summed E-state index contributed by atoms with van der Waals surface area (Å²) in [4.78, 5) is 30.7. The SMILES string of the molecule is O=C(c1ccc(F)c(F)c1Nc1ccc(I)cc1F)N1CC(CNC2(C(=O)O)CCCC2)(OO)C1. The van der Waals surface area contributed by atoms with Crippen molar-refractivity contribution in [1.82, 2.24) is 10.2 Å². The van der Waals surface area contributed by atoms with Gasteiger partial charge < -0.3 is 15.3 Å². The molecule has 2 aromatic rings. The highest BCUT2D eigenvalue weighted by atomic mass is 127. The number of benzene rings is 2. The molecule has 4 rings (SSSR count). The van der Waals surface area contributed by atoms with Crippen LogP contribution in [0.2, 0.25) is 0 Å². The Labute approximate surface area is 212 Å². The fourth-order valence-electron chi connectivity index (χ4n) is 4.52. The summed E-state index contributed by atoms with van der Waals surface area (Å²) in [6, 6.07) is 5.99. The normalized spacial score (nSPS) is 18.3. The average molecular weight is 605 g/mol. The van der Waals surface area contributed by atoms with Crippen molar-refractivity contribution in [1.29, 1.82) is 0 Å². The molecule has 12 heteroatoms. The maximum absolute atomic E-state index is 14.7. The lowest BCUT2D eigenvalue weighted by molar-refractivity contribution is -0.346. The van der Waals surface area contributed by atoms with Crippen LogP contribution in [-0.4, -0.2) is 57.9 Å². The number of carboxylic acids is 1. The van der Waals surface area contributed by atoms with Gasteiger partial charge in [0.1, 0.15) is 11.4 Å². The second-order valence-electron chi connectivity index (χ2n) is 8.92. The van der Waals surface area contributed by atoms with Gasteiger partial charge in [-0.1, -0.05) is 12.8 Å². The first-order chi connectivity index (χ1) is 16.6. The minimum absolute atomic E-state index is 0.0314. The lowest BCUT2D eigenvalue weighted by atomic mass is 9.90. The second kappa shape index (κ2) is 9.91. The molecular weight excluding hydrogens is 582 g/mol. The van der Waals surface area contributed by atoms with Crippen LogP contribution in [0.15, 0.2) is 30.3 Å². The Hall–Kier alpha value is -2.42. The molecule has 2 aromatic carbocycles. The fourth-order valence-corrected chi connectivity index (χ4v) is 4.97. The molecule has 188 valence electrons. The molecule has 0 bridgehead atoms. The van der Waals surface area contributed by atoms with Gasteiger partial charge in [-0.15, -0.1) is 0 Å². The molecule has 4 N–H and O–H groups in total. The molecular formula is C23H23F3IN3O5. The van der Waals surface area contributed by atoms with Crippen LogP contribution in [0.25, 0.3) is 0 Å². The summed E-state index contributed by atoms with van der Waals surface area (Å²) in [5.41, 5.74) is -3.27. The van der Waals surface area contributed by atoms with Crippen molar-refractivity contribution < 1.29 is 38.0 Å². The number of hydrogen-bond acceptors (Lipinski definition) is 6. The highest BCUT2D eigenvalue weighted by molar-refractivity contribution is 14.1. The minimum atomic E-state index is -1.34. The number of halogens is 4. The monoisotopic (exact) mass is 605 g/mol. The molecule has 2 fully saturated rings. The highest BCUT2D eigenvalue weighted by Gasteiger charge is 2.50. The first-order valence-corrected chi connectivity index (χ1v) is 12.0. The van der Waals surface area contributed by atoms with Gasteiger partial charge >= 0.3 is 5.97 Å². The molecule has 35 heavy (non-hydrogen) atoms. The zero-order valence-corrected chi connectivity index (χ0v) is 20.6. The van der Waals surface area contributed by atoms with Crippen LogP contribution >= 0.6 is 22.6 Å². The van der Waals surface area contributed by atoms with Crippen molar-refractivity contribution in [2.75, 3.05) is 25.0 Å². The predicted molar refractivity (Wildman–Crippen MR) is 128 cm³/mol. The third-order valence-electron chi connectivity index (χ3n) is 6.57. The number of likely N-dealkylation sites (tertiary alicyclic amines) is 1. The number of nitrogens with zero attached hydrogens (tertiary/aromatic N) is 1. The van der Waals surface area contributed by atoms with Crippen LogP contribution in [0.5, 0.6) is 0 Å². The molecule has 1 saturated carbocycles. The number of amides is 1. The summed E-state index contributed by atoms with van der Waals surface area (Å²) >= 11 is 1.90. The van der Waals surface area contributed by atoms with Gasteiger partial charge in [0.25, 0.3) is 5.91 Å². The van der Waals surface area contributed by atoms with Crippen molar-refractivity contribution in [2.24, 2.45) is 0 Å². The Kier molecular flexibility index (Phi) is 7.27. The number of carbonyl (C=O) groups is 2. The molecule has 0 aromatic heterocycles. The van der Waals surface area contributed by atoms with Crippen LogP contribution in [-0.2, 0) is 9.68 Å². The second-order valence-corrected chi connectivity index (χ2v) is 10.2. The molecule has 1 amide bonds. The first-order valence-electron chi connectivity index (χ1n) is 10.9. The Morgan fingerprint density at radius 2 is 1.77 bits per heavy atom. The summed E-state index contributed by atoms with van der Waals surface area (Å²) < 4.78 is 43.6. The van der Waals surface area contributed by atoms with Gasteiger partial charge in [0.05, 0.1) is 30.0 Å². The zero-order valence-electron chi connectivity index (χ0n) is 18.4. The largest absolute Gasteiger partial charge is 0.480 e. The van der Waals surface area contributed by atoms with E-state index in [9.17, 15) is 33.1 Å². The van der Waals surface area contributed by atoms with E-state index in [-0.39, 0.29) is 30.9 Å². The summed E-state index contributed by atoms with van der Waals surface area (Å²) in [6.45, 7) is -0.279. The molecule has 8 nitrogen and oxygen atoms in total. The number of carboxylic acid groups (broad SMARTS) is 1. The fraction of sp³-hybridized carbons (Fsp3) is 0.391. The molecule has 1 heterocycles. The standard InChI is InChI=1S/C23H23F3IN3O5/c24-15-5-4-14(19(18(15)26)29-17-6-3-13(27)9-16(17)25)20(31)30-11-22(12-30,35-34)10-28-23(21(32)33)7-1-2-8-23/h3-6,9,28-29,34H,1-2,7-8,10-12H2,(H,32,33). The quantitative estimate of drug-likeness (QED) is 0.204. The maximum atomic E-state index is 14.7. The average Bonchev–Trinajstić information content (AvgIpc) is 3.28. The third-order valence-corrected chi connectivity index (χ3v) is 7.24. The number of nitrogens with one attached hydrogen (secondary N) is 2. The number of rotatable bonds is 8. The van der Waals surface area contributed by atoms with Crippen molar-refractivity contribution in [2.45, 2.75) is 36.8 Å². The van der Waals surface area contributed by atoms with E-state index in [1.807, 2.05) is 22.6 Å². The molecule has 2 aliphatic rings. The van der Waals surface area contributed by atoms with Gasteiger partial charge in [-0.05, 0) is 65.8 Å². The van der Waals surface area contributed by atoms with Crippen LogP contribution in [0.4, 0.5) is 24.5 Å². The molecule has 0 spiro atoms. The Bertz CT molecular complexity index is 1150. The lowest BCUT2D eigenvalue weighted by Gasteiger charge is -2.48. The summed E-state index contributed by atoms with van der Waals surface area (Å²) in [6.07, 6.45) is 2.38. The maximum Gasteiger partial charge on any atom is 0.323 e. The molecule has 0 atom stereocenters. The summed E-state index contributed by atoms with van der Waals surface area (Å²) in [5.74, 6) is -4.95. The van der Waals surface area contributed by atoms with Crippen LogP contribution in [0.3, 0.4) is 0 Å². The summed E-state index contributed by atoms with van der Waals surface area (Å²) in [7, 11) is 0. The van der Waals surface area contributed by atoms with Crippen molar-refractivity contribution in [3.63, 3.8) is 0 Å². The van der Waals surface area contributed by atoms with Gasteiger partial charge in [0.2, 0.25) is 0 Å². The Balaban J connectivity index is 1.51. The van der Waals surface area contributed by atoms with Gasteiger partial charge in [-0.3, -0.25) is 20.2 Å². The van der Waals surface area contributed by atoms with Gasteiger partial charge in [-0.25, -0.2) is 18.1 Å². The van der Waals surface area contributed by atoms with Crippen molar-refractivity contribution in [3.05, 3.63) is 56.9 Å². The number of aliphatic carboxylic acids is 1. The Morgan fingerprint density at radius 3 is 2.37 bits per heavy atom. The third kappa shape index (κ3) is 4.97. The minimum Gasteiger partial charge on any atom is -0.480 e. The molecule has 0 unspecified atom stereocenters. The van der Waals surface area contributed by atoms with Crippen LogP contribution in [0, 0.1) is 21.0 Å². The zero-order chi connectivity index (χ0) is 25.4. The molecule has 1 aliphatic heterocycles. The van der Waals surface area contributed by atoms with E-state index in [1.165, 1.54) is 17.0 Å². The van der Waals surface area contributed by atoms with Crippen LogP contribution in [0.1, 0.15) is 36.0 Å². The van der Waals surface area contributed by atoms with Gasteiger partial charge in [-0.2, -0.15) is 0 Å². The molecule has 0 radical (unpaired) electrons.